The average molecular weight is 212 g/mol. The third-order valence-electron chi connectivity index (χ3n) is 2.53. The summed E-state index contributed by atoms with van der Waals surface area (Å²) in [6, 6.07) is 0. The van der Waals surface area contributed by atoms with Gasteiger partial charge in [0.1, 0.15) is 0 Å². The lowest BCUT2D eigenvalue weighted by atomic mass is 10.0. The van der Waals surface area contributed by atoms with Gasteiger partial charge in [-0.25, -0.2) is 0 Å². The van der Waals surface area contributed by atoms with Crippen LogP contribution in [0.15, 0.2) is 12.7 Å². The van der Waals surface area contributed by atoms with Gasteiger partial charge in [-0.15, -0.1) is 6.58 Å². The summed E-state index contributed by atoms with van der Waals surface area (Å²) in [5.74, 6) is 0.00794. The van der Waals surface area contributed by atoms with Gasteiger partial charge in [-0.3, -0.25) is 4.79 Å². The highest BCUT2D eigenvalue weighted by Gasteiger charge is 2.29. The Hall–Kier alpha value is -0.870. The highest BCUT2D eigenvalue weighted by molar-refractivity contribution is 5.78. The van der Waals surface area contributed by atoms with E-state index in [0.717, 1.165) is 19.4 Å². The second kappa shape index (κ2) is 5.88. The maximum atomic E-state index is 11.4. The van der Waals surface area contributed by atoms with Crippen LogP contribution >= 0.6 is 0 Å². The van der Waals surface area contributed by atoms with Crippen molar-refractivity contribution in [1.82, 2.24) is 10.6 Å². The van der Waals surface area contributed by atoms with Crippen LogP contribution < -0.4 is 10.6 Å². The summed E-state index contributed by atoms with van der Waals surface area (Å²) in [6.45, 7) is 8.00. The van der Waals surface area contributed by atoms with Crippen molar-refractivity contribution in [2.24, 2.45) is 0 Å². The lowest BCUT2D eigenvalue weighted by molar-refractivity contribution is -0.121. The van der Waals surface area contributed by atoms with E-state index in [-0.39, 0.29) is 11.5 Å². The zero-order valence-electron chi connectivity index (χ0n) is 9.34. The largest absolute Gasteiger partial charge is 0.373 e. The fourth-order valence-corrected chi connectivity index (χ4v) is 1.61. The SMILES string of the molecule is C=CCNCC(=O)NCC1(C)CCCO1. The molecule has 1 unspecified atom stereocenters. The first-order valence-electron chi connectivity index (χ1n) is 5.38. The van der Waals surface area contributed by atoms with E-state index in [9.17, 15) is 4.79 Å². The van der Waals surface area contributed by atoms with E-state index in [2.05, 4.69) is 17.2 Å². The van der Waals surface area contributed by atoms with Crippen LogP contribution in [0.1, 0.15) is 19.8 Å². The quantitative estimate of drug-likeness (QED) is 0.496. The van der Waals surface area contributed by atoms with Gasteiger partial charge in [-0.2, -0.15) is 0 Å². The molecule has 4 nitrogen and oxygen atoms in total. The van der Waals surface area contributed by atoms with Gasteiger partial charge >= 0.3 is 0 Å². The minimum Gasteiger partial charge on any atom is -0.373 e. The molecule has 1 aliphatic heterocycles. The maximum Gasteiger partial charge on any atom is 0.234 e. The highest BCUT2D eigenvalue weighted by Crippen LogP contribution is 2.23. The first-order chi connectivity index (χ1) is 7.16. The molecule has 1 fully saturated rings. The third kappa shape index (κ3) is 4.44. The second-order valence-electron chi connectivity index (χ2n) is 4.10. The Balaban J connectivity index is 2.13. The number of carbonyl (C=O) groups excluding carboxylic acids is 1. The molecule has 1 atom stereocenters. The van der Waals surface area contributed by atoms with Gasteiger partial charge in [0.2, 0.25) is 5.91 Å². The topological polar surface area (TPSA) is 50.4 Å². The summed E-state index contributed by atoms with van der Waals surface area (Å²) in [6.07, 6.45) is 3.84. The molecule has 1 aliphatic rings. The molecule has 0 spiro atoms. The number of hydrogen-bond donors (Lipinski definition) is 2. The van der Waals surface area contributed by atoms with Gasteiger partial charge in [-0.05, 0) is 19.8 Å². The van der Waals surface area contributed by atoms with Gasteiger partial charge in [0.15, 0.2) is 0 Å². The third-order valence-corrected chi connectivity index (χ3v) is 2.53. The molecular formula is C11H20N2O2. The first kappa shape index (κ1) is 12.2. The van der Waals surface area contributed by atoms with Crippen LogP contribution in [0.2, 0.25) is 0 Å². The Morgan fingerprint density at radius 2 is 2.47 bits per heavy atom. The minimum atomic E-state index is -0.159. The van der Waals surface area contributed by atoms with Crippen LogP contribution in [0.25, 0.3) is 0 Å². The van der Waals surface area contributed by atoms with E-state index in [1.54, 1.807) is 6.08 Å². The van der Waals surface area contributed by atoms with Crippen molar-refractivity contribution < 1.29 is 9.53 Å². The van der Waals surface area contributed by atoms with Crippen molar-refractivity contribution >= 4 is 5.91 Å². The summed E-state index contributed by atoms with van der Waals surface area (Å²) in [7, 11) is 0. The Bertz CT molecular complexity index is 223. The summed E-state index contributed by atoms with van der Waals surface area (Å²) in [5.41, 5.74) is -0.159. The highest BCUT2D eigenvalue weighted by atomic mass is 16.5. The van der Waals surface area contributed by atoms with E-state index in [4.69, 9.17) is 4.74 Å². The van der Waals surface area contributed by atoms with Crippen LogP contribution in [0.4, 0.5) is 0 Å². The Morgan fingerprint density at radius 1 is 1.67 bits per heavy atom. The van der Waals surface area contributed by atoms with Gasteiger partial charge in [0.25, 0.3) is 0 Å². The molecule has 1 heterocycles. The molecule has 0 aliphatic carbocycles. The lowest BCUT2D eigenvalue weighted by Gasteiger charge is -2.23. The molecule has 1 saturated heterocycles. The van der Waals surface area contributed by atoms with E-state index in [1.165, 1.54) is 0 Å². The Morgan fingerprint density at radius 3 is 3.07 bits per heavy atom. The van der Waals surface area contributed by atoms with Crippen LogP contribution in [-0.4, -0.2) is 37.7 Å². The first-order valence-corrected chi connectivity index (χ1v) is 5.38. The number of amides is 1. The van der Waals surface area contributed by atoms with Crippen molar-refractivity contribution in [2.45, 2.75) is 25.4 Å². The molecule has 0 aromatic rings. The standard InChI is InChI=1S/C11H20N2O2/c1-3-6-12-8-10(14)13-9-11(2)5-4-7-15-11/h3,12H,1,4-9H2,2H3,(H,13,14). The van der Waals surface area contributed by atoms with E-state index < -0.39 is 0 Å². The second-order valence-corrected chi connectivity index (χ2v) is 4.10. The van der Waals surface area contributed by atoms with E-state index in [1.807, 2.05) is 6.92 Å². The van der Waals surface area contributed by atoms with E-state index in [0.29, 0.717) is 19.6 Å². The van der Waals surface area contributed by atoms with Crippen molar-refractivity contribution in [3.05, 3.63) is 12.7 Å². The smallest absolute Gasteiger partial charge is 0.234 e. The van der Waals surface area contributed by atoms with Gasteiger partial charge in [0, 0.05) is 19.7 Å². The number of hydrogen-bond acceptors (Lipinski definition) is 3. The van der Waals surface area contributed by atoms with Crippen molar-refractivity contribution in [1.29, 1.82) is 0 Å². The van der Waals surface area contributed by atoms with Gasteiger partial charge < -0.3 is 15.4 Å². The molecule has 1 amide bonds. The van der Waals surface area contributed by atoms with Crippen LogP contribution in [0.3, 0.4) is 0 Å². The normalized spacial score (nSPS) is 25.1. The lowest BCUT2D eigenvalue weighted by Crippen LogP contribution is -2.43. The molecule has 0 saturated carbocycles. The van der Waals surface area contributed by atoms with Gasteiger partial charge in [-0.1, -0.05) is 6.08 Å². The molecule has 4 heteroatoms. The monoisotopic (exact) mass is 212 g/mol. The predicted octanol–water partition coefficient (Wildman–Crippen LogP) is 0.447. The molecule has 2 N–H and O–H groups in total. The molecule has 0 radical (unpaired) electrons. The summed E-state index contributed by atoms with van der Waals surface area (Å²) in [4.78, 5) is 11.4. The van der Waals surface area contributed by atoms with Crippen LogP contribution in [0, 0.1) is 0 Å². The number of carbonyl (C=O) groups is 1. The van der Waals surface area contributed by atoms with Crippen molar-refractivity contribution in [3.8, 4) is 0 Å². The molecule has 86 valence electrons. The average Bonchev–Trinajstić information content (AvgIpc) is 2.64. The number of ether oxygens (including phenoxy) is 1. The zero-order valence-corrected chi connectivity index (χ0v) is 9.34. The summed E-state index contributed by atoms with van der Waals surface area (Å²) < 4.78 is 5.57. The molecule has 15 heavy (non-hydrogen) atoms. The van der Waals surface area contributed by atoms with E-state index >= 15 is 0 Å². The zero-order chi connectivity index (χ0) is 11.1. The fourth-order valence-electron chi connectivity index (χ4n) is 1.61. The maximum absolute atomic E-state index is 11.4. The molecule has 0 aromatic carbocycles. The van der Waals surface area contributed by atoms with Crippen LogP contribution in [-0.2, 0) is 9.53 Å². The van der Waals surface area contributed by atoms with Crippen molar-refractivity contribution in [3.63, 3.8) is 0 Å². The summed E-state index contributed by atoms with van der Waals surface area (Å²) in [5, 5.41) is 5.82. The number of rotatable bonds is 6. The number of nitrogens with one attached hydrogen (secondary N) is 2. The molecule has 1 rings (SSSR count). The fraction of sp³-hybridized carbons (Fsp3) is 0.727. The van der Waals surface area contributed by atoms with Gasteiger partial charge in [0.05, 0.1) is 12.1 Å². The Labute approximate surface area is 91.1 Å². The summed E-state index contributed by atoms with van der Waals surface area (Å²) >= 11 is 0. The molecule has 0 bridgehead atoms. The minimum absolute atomic E-state index is 0.00794. The van der Waals surface area contributed by atoms with Crippen molar-refractivity contribution in [2.75, 3.05) is 26.2 Å². The van der Waals surface area contributed by atoms with Crippen LogP contribution in [0.5, 0.6) is 0 Å². The molecule has 0 aromatic heterocycles. The Kier molecular flexibility index (Phi) is 4.78. The molecular weight excluding hydrogens is 192 g/mol. The predicted molar refractivity (Wildman–Crippen MR) is 59.7 cm³/mol.